The molecule has 2 nitrogen and oxygen atoms in total. The van der Waals surface area contributed by atoms with Crippen LogP contribution in [0.15, 0.2) is 12.1 Å². The van der Waals surface area contributed by atoms with Crippen LogP contribution in [0.4, 0.5) is 0 Å². The van der Waals surface area contributed by atoms with Crippen molar-refractivity contribution in [3.8, 4) is 5.75 Å². The lowest BCUT2D eigenvalue weighted by molar-refractivity contribution is 0.270. The van der Waals surface area contributed by atoms with Gasteiger partial charge in [-0.05, 0) is 36.6 Å². The molecule has 0 radical (unpaired) electrons. The Morgan fingerprint density at radius 3 is 2.31 bits per heavy atom. The van der Waals surface area contributed by atoms with E-state index in [4.69, 9.17) is 5.11 Å². The highest BCUT2D eigenvalue weighted by molar-refractivity contribution is 5.42. The average molecular weight is 180 g/mol. The lowest BCUT2D eigenvalue weighted by Crippen LogP contribution is -2.00. The van der Waals surface area contributed by atoms with Crippen molar-refractivity contribution in [2.24, 2.45) is 0 Å². The molecule has 1 atom stereocenters. The lowest BCUT2D eigenvalue weighted by atomic mass is 9.96. The van der Waals surface area contributed by atoms with Crippen molar-refractivity contribution >= 4 is 0 Å². The molecule has 2 N–H and O–H groups in total. The average Bonchev–Trinajstić information content (AvgIpc) is 2.10. The zero-order valence-electron chi connectivity index (χ0n) is 8.33. The monoisotopic (exact) mass is 180 g/mol. The second kappa shape index (κ2) is 3.79. The van der Waals surface area contributed by atoms with Crippen LogP contribution in [0.5, 0.6) is 5.75 Å². The number of rotatable bonds is 2. The summed E-state index contributed by atoms with van der Waals surface area (Å²) >= 11 is 0. The van der Waals surface area contributed by atoms with Crippen LogP contribution in [0, 0.1) is 13.8 Å². The van der Waals surface area contributed by atoms with Crippen molar-refractivity contribution in [1.82, 2.24) is 0 Å². The van der Waals surface area contributed by atoms with Crippen molar-refractivity contribution in [3.63, 3.8) is 0 Å². The largest absolute Gasteiger partial charge is 0.508 e. The Morgan fingerprint density at radius 1 is 1.23 bits per heavy atom. The van der Waals surface area contributed by atoms with Gasteiger partial charge in [0.05, 0.1) is 0 Å². The van der Waals surface area contributed by atoms with Crippen LogP contribution in [0.3, 0.4) is 0 Å². The maximum Gasteiger partial charge on any atom is 0.119 e. The molecule has 1 rings (SSSR count). The molecule has 1 aromatic carbocycles. The number of phenols is 1. The summed E-state index contributed by atoms with van der Waals surface area (Å²) in [5.41, 5.74) is 3.05. The van der Waals surface area contributed by atoms with Gasteiger partial charge in [-0.15, -0.1) is 0 Å². The quantitative estimate of drug-likeness (QED) is 0.731. The third-order valence-electron chi connectivity index (χ3n) is 2.45. The molecule has 0 amide bonds. The van der Waals surface area contributed by atoms with E-state index in [1.807, 2.05) is 26.8 Å². The summed E-state index contributed by atoms with van der Waals surface area (Å²) in [5, 5.41) is 18.6. The van der Waals surface area contributed by atoms with Gasteiger partial charge in [0.15, 0.2) is 0 Å². The summed E-state index contributed by atoms with van der Waals surface area (Å²) in [6.45, 7) is 5.92. The molecule has 0 aliphatic rings. The van der Waals surface area contributed by atoms with E-state index in [-0.39, 0.29) is 18.3 Å². The molecule has 0 spiro atoms. The molecule has 13 heavy (non-hydrogen) atoms. The van der Waals surface area contributed by atoms with E-state index in [1.54, 1.807) is 6.07 Å². The van der Waals surface area contributed by atoms with Crippen LogP contribution in [-0.2, 0) is 0 Å². The standard InChI is InChI=1S/C11H16O2/c1-7-4-10(9(3)6-12)11(13)5-8(7)2/h4-5,9,12-13H,6H2,1-3H3. The number of aryl methyl sites for hydroxylation is 2. The third kappa shape index (κ3) is 2.01. The van der Waals surface area contributed by atoms with Gasteiger partial charge in [-0.3, -0.25) is 0 Å². The Kier molecular flexibility index (Phi) is 2.94. The molecule has 0 aliphatic heterocycles. The molecule has 1 aromatic rings. The molecule has 0 saturated carbocycles. The first-order chi connectivity index (χ1) is 6.06. The maximum absolute atomic E-state index is 9.61. The van der Waals surface area contributed by atoms with Crippen LogP contribution >= 0.6 is 0 Å². The number of aromatic hydroxyl groups is 1. The molecule has 0 bridgehead atoms. The fourth-order valence-corrected chi connectivity index (χ4v) is 1.32. The van der Waals surface area contributed by atoms with E-state index in [0.717, 1.165) is 16.7 Å². The van der Waals surface area contributed by atoms with E-state index in [9.17, 15) is 5.11 Å². The van der Waals surface area contributed by atoms with Crippen LogP contribution < -0.4 is 0 Å². The highest BCUT2D eigenvalue weighted by Crippen LogP contribution is 2.28. The Hall–Kier alpha value is -1.02. The molecule has 0 aromatic heterocycles. The molecule has 0 saturated heterocycles. The minimum absolute atomic E-state index is 0.000648. The molecule has 1 unspecified atom stereocenters. The van der Waals surface area contributed by atoms with Crippen LogP contribution in [-0.4, -0.2) is 16.8 Å². The summed E-state index contributed by atoms with van der Waals surface area (Å²) in [7, 11) is 0. The molecule has 0 heterocycles. The fourth-order valence-electron chi connectivity index (χ4n) is 1.32. The van der Waals surface area contributed by atoms with E-state index in [1.165, 1.54) is 0 Å². The molecule has 0 fully saturated rings. The predicted molar refractivity (Wildman–Crippen MR) is 53.1 cm³/mol. The van der Waals surface area contributed by atoms with E-state index < -0.39 is 0 Å². The molecule has 72 valence electrons. The number of benzene rings is 1. The van der Waals surface area contributed by atoms with Crippen LogP contribution in [0.2, 0.25) is 0 Å². The number of phenolic OH excluding ortho intramolecular Hbond substituents is 1. The van der Waals surface area contributed by atoms with Crippen molar-refractivity contribution in [2.75, 3.05) is 6.61 Å². The predicted octanol–water partition coefficient (Wildman–Crippen LogP) is 2.10. The number of hydrogen-bond acceptors (Lipinski definition) is 2. The van der Waals surface area contributed by atoms with Gasteiger partial charge in [0.2, 0.25) is 0 Å². The molecular formula is C11H16O2. The Balaban J connectivity index is 3.15. The second-order valence-corrected chi connectivity index (χ2v) is 3.58. The number of aliphatic hydroxyl groups excluding tert-OH is 1. The van der Waals surface area contributed by atoms with Crippen molar-refractivity contribution in [1.29, 1.82) is 0 Å². The first-order valence-electron chi connectivity index (χ1n) is 4.47. The van der Waals surface area contributed by atoms with Gasteiger partial charge in [-0.1, -0.05) is 13.0 Å². The topological polar surface area (TPSA) is 40.5 Å². The minimum Gasteiger partial charge on any atom is -0.508 e. The smallest absolute Gasteiger partial charge is 0.119 e. The first-order valence-corrected chi connectivity index (χ1v) is 4.47. The Morgan fingerprint density at radius 2 is 1.77 bits per heavy atom. The van der Waals surface area contributed by atoms with Gasteiger partial charge in [-0.25, -0.2) is 0 Å². The molecule has 2 heteroatoms. The Labute approximate surface area is 78.8 Å². The first kappa shape index (κ1) is 10.1. The summed E-state index contributed by atoms with van der Waals surface area (Å²) in [5.74, 6) is 0.281. The van der Waals surface area contributed by atoms with E-state index in [2.05, 4.69) is 0 Å². The van der Waals surface area contributed by atoms with Gasteiger partial charge >= 0.3 is 0 Å². The highest BCUT2D eigenvalue weighted by Gasteiger charge is 2.10. The second-order valence-electron chi connectivity index (χ2n) is 3.58. The van der Waals surface area contributed by atoms with Gasteiger partial charge < -0.3 is 10.2 Å². The van der Waals surface area contributed by atoms with Gasteiger partial charge in [0.25, 0.3) is 0 Å². The highest BCUT2D eigenvalue weighted by atomic mass is 16.3. The molecular weight excluding hydrogens is 164 g/mol. The van der Waals surface area contributed by atoms with Gasteiger partial charge in [-0.2, -0.15) is 0 Å². The summed E-state index contributed by atoms with van der Waals surface area (Å²) in [6, 6.07) is 3.68. The van der Waals surface area contributed by atoms with Crippen LogP contribution in [0.1, 0.15) is 29.5 Å². The third-order valence-corrected chi connectivity index (χ3v) is 2.45. The van der Waals surface area contributed by atoms with Crippen molar-refractivity contribution in [2.45, 2.75) is 26.7 Å². The Bertz CT molecular complexity index is 305. The van der Waals surface area contributed by atoms with Crippen molar-refractivity contribution in [3.05, 3.63) is 28.8 Å². The van der Waals surface area contributed by atoms with E-state index in [0.29, 0.717) is 0 Å². The summed E-state index contributed by atoms with van der Waals surface area (Å²) < 4.78 is 0. The van der Waals surface area contributed by atoms with Crippen LogP contribution in [0.25, 0.3) is 0 Å². The summed E-state index contributed by atoms with van der Waals surface area (Å²) in [4.78, 5) is 0. The summed E-state index contributed by atoms with van der Waals surface area (Å²) in [6.07, 6.45) is 0. The fraction of sp³-hybridized carbons (Fsp3) is 0.455. The number of aliphatic hydroxyl groups is 1. The van der Waals surface area contributed by atoms with Crippen molar-refractivity contribution < 1.29 is 10.2 Å². The normalized spacial score (nSPS) is 12.9. The SMILES string of the molecule is Cc1cc(O)c(C(C)CO)cc1C. The zero-order chi connectivity index (χ0) is 10.0. The van der Waals surface area contributed by atoms with Gasteiger partial charge in [0, 0.05) is 12.5 Å². The van der Waals surface area contributed by atoms with Gasteiger partial charge in [0.1, 0.15) is 5.75 Å². The minimum atomic E-state index is -0.000648. The van der Waals surface area contributed by atoms with E-state index >= 15 is 0 Å². The molecule has 0 aliphatic carbocycles. The zero-order valence-corrected chi connectivity index (χ0v) is 8.33. The maximum atomic E-state index is 9.61. The number of hydrogen-bond donors (Lipinski definition) is 2. The lowest BCUT2D eigenvalue weighted by Gasteiger charge is -2.12.